The van der Waals surface area contributed by atoms with Crippen molar-refractivity contribution in [1.29, 1.82) is 0 Å². The SMILES string of the molecule is CC1CCCc2c(C(=O)O)cnn21. The number of carboxylic acids is 1. The molecule has 0 aliphatic carbocycles. The Morgan fingerprint density at radius 1 is 1.77 bits per heavy atom. The molecular weight excluding hydrogens is 168 g/mol. The van der Waals surface area contributed by atoms with Crippen LogP contribution in [0.2, 0.25) is 0 Å². The molecule has 1 atom stereocenters. The predicted molar refractivity (Wildman–Crippen MR) is 46.8 cm³/mol. The average Bonchev–Trinajstić information content (AvgIpc) is 2.48. The highest BCUT2D eigenvalue weighted by Gasteiger charge is 2.22. The molecule has 0 fully saturated rings. The summed E-state index contributed by atoms with van der Waals surface area (Å²) in [5.74, 6) is -0.865. The van der Waals surface area contributed by atoms with Crippen LogP contribution in [0.1, 0.15) is 41.9 Å². The maximum Gasteiger partial charge on any atom is 0.339 e. The van der Waals surface area contributed by atoms with Gasteiger partial charge in [0.15, 0.2) is 0 Å². The minimum absolute atomic E-state index is 0.344. The van der Waals surface area contributed by atoms with Crippen LogP contribution in [0.4, 0.5) is 0 Å². The Morgan fingerprint density at radius 3 is 3.23 bits per heavy atom. The largest absolute Gasteiger partial charge is 0.478 e. The van der Waals surface area contributed by atoms with Crippen LogP contribution in [0.5, 0.6) is 0 Å². The van der Waals surface area contributed by atoms with Gasteiger partial charge in [0.2, 0.25) is 0 Å². The van der Waals surface area contributed by atoms with Gasteiger partial charge in [0.1, 0.15) is 5.56 Å². The lowest BCUT2D eigenvalue weighted by atomic mass is 10.0. The normalized spacial score (nSPS) is 21.2. The van der Waals surface area contributed by atoms with Crippen molar-refractivity contribution in [3.8, 4) is 0 Å². The van der Waals surface area contributed by atoms with Gasteiger partial charge < -0.3 is 5.11 Å². The zero-order chi connectivity index (χ0) is 9.42. The van der Waals surface area contributed by atoms with E-state index in [1.807, 2.05) is 4.68 Å². The van der Waals surface area contributed by atoms with Crippen molar-refractivity contribution in [1.82, 2.24) is 9.78 Å². The highest BCUT2D eigenvalue weighted by atomic mass is 16.4. The Labute approximate surface area is 76.2 Å². The first-order valence-electron chi connectivity index (χ1n) is 4.50. The van der Waals surface area contributed by atoms with Crippen molar-refractivity contribution >= 4 is 5.97 Å². The summed E-state index contributed by atoms with van der Waals surface area (Å²) >= 11 is 0. The van der Waals surface area contributed by atoms with Crippen LogP contribution >= 0.6 is 0 Å². The van der Waals surface area contributed by atoms with E-state index in [2.05, 4.69) is 12.0 Å². The Morgan fingerprint density at radius 2 is 2.54 bits per heavy atom. The van der Waals surface area contributed by atoms with Gasteiger partial charge in [0.25, 0.3) is 0 Å². The van der Waals surface area contributed by atoms with E-state index in [4.69, 9.17) is 5.11 Å². The van der Waals surface area contributed by atoms with E-state index < -0.39 is 5.97 Å². The van der Waals surface area contributed by atoms with Crippen LogP contribution in [-0.2, 0) is 6.42 Å². The first-order chi connectivity index (χ1) is 6.20. The molecular formula is C9H12N2O2. The van der Waals surface area contributed by atoms with Crippen molar-refractivity contribution in [3.63, 3.8) is 0 Å². The Balaban J connectivity index is 2.47. The third-order valence-electron chi connectivity index (χ3n) is 2.58. The van der Waals surface area contributed by atoms with Crippen LogP contribution in [0.25, 0.3) is 0 Å². The van der Waals surface area contributed by atoms with Gasteiger partial charge >= 0.3 is 5.97 Å². The lowest BCUT2D eigenvalue weighted by molar-refractivity contribution is 0.0695. The molecule has 1 aliphatic heterocycles. The summed E-state index contributed by atoms with van der Waals surface area (Å²) in [6.07, 6.45) is 4.45. The molecule has 0 saturated carbocycles. The van der Waals surface area contributed by atoms with Gasteiger partial charge in [-0.1, -0.05) is 0 Å². The van der Waals surface area contributed by atoms with Crippen molar-refractivity contribution < 1.29 is 9.90 Å². The number of aromatic carboxylic acids is 1. The van der Waals surface area contributed by atoms with Crippen LogP contribution < -0.4 is 0 Å². The molecule has 2 heterocycles. The number of aromatic nitrogens is 2. The van der Waals surface area contributed by atoms with Crippen LogP contribution in [-0.4, -0.2) is 20.9 Å². The van der Waals surface area contributed by atoms with E-state index in [1.165, 1.54) is 6.20 Å². The first kappa shape index (κ1) is 8.29. The van der Waals surface area contributed by atoms with Gasteiger partial charge in [-0.25, -0.2) is 4.79 Å². The van der Waals surface area contributed by atoms with Gasteiger partial charge in [-0.3, -0.25) is 4.68 Å². The van der Waals surface area contributed by atoms with E-state index in [-0.39, 0.29) is 0 Å². The maximum atomic E-state index is 10.8. The number of nitrogens with zero attached hydrogens (tertiary/aromatic N) is 2. The van der Waals surface area contributed by atoms with Crippen molar-refractivity contribution in [2.75, 3.05) is 0 Å². The minimum Gasteiger partial charge on any atom is -0.478 e. The Bertz CT molecular complexity index is 343. The lowest BCUT2D eigenvalue weighted by Gasteiger charge is -2.21. The standard InChI is InChI=1S/C9H12N2O2/c1-6-3-2-4-8-7(9(12)13)5-10-11(6)8/h5-6H,2-4H2,1H3,(H,12,13). The maximum absolute atomic E-state index is 10.8. The zero-order valence-corrected chi connectivity index (χ0v) is 7.53. The van der Waals surface area contributed by atoms with E-state index in [1.54, 1.807) is 0 Å². The molecule has 13 heavy (non-hydrogen) atoms. The fourth-order valence-corrected chi connectivity index (χ4v) is 1.88. The molecule has 0 amide bonds. The van der Waals surface area contributed by atoms with Gasteiger partial charge in [-0.05, 0) is 26.2 Å². The van der Waals surface area contributed by atoms with Crippen LogP contribution in [0.3, 0.4) is 0 Å². The summed E-state index contributed by atoms with van der Waals surface area (Å²) in [4.78, 5) is 10.8. The minimum atomic E-state index is -0.865. The Hall–Kier alpha value is -1.32. The molecule has 1 aromatic heterocycles. The fraction of sp³-hybridized carbons (Fsp3) is 0.556. The molecule has 0 aromatic carbocycles. The topological polar surface area (TPSA) is 55.1 Å². The van der Waals surface area contributed by atoms with Crippen LogP contribution in [0, 0.1) is 0 Å². The van der Waals surface area contributed by atoms with E-state index >= 15 is 0 Å². The quantitative estimate of drug-likeness (QED) is 0.712. The highest BCUT2D eigenvalue weighted by molar-refractivity contribution is 5.88. The second-order valence-electron chi connectivity index (χ2n) is 3.50. The molecule has 4 heteroatoms. The molecule has 0 saturated heterocycles. The number of rotatable bonds is 1. The predicted octanol–water partition coefficient (Wildman–Crippen LogP) is 1.48. The highest BCUT2D eigenvalue weighted by Crippen LogP contribution is 2.25. The number of hydrogen-bond donors (Lipinski definition) is 1. The summed E-state index contributed by atoms with van der Waals surface area (Å²) < 4.78 is 1.84. The number of fused-ring (bicyclic) bond motifs is 1. The molecule has 1 aromatic rings. The molecule has 1 unspecified atom stereocenters. The molecule has 0 bridgehead atoms. The Kier molecular flexibility index (Phi) is 1.83. The molecule has 1 N–H and O–H groups in total. The van der Waals surface area contributed by atoms with Gasteiger partial charge in [-0.2, -0.15) is 5.10 Å². The third-order valence-corrected chi connectivity index (χ3v) is 2.58. The molecule has 2 rings (SSSR count). The molecule has 4 nitrogen and oxygen atoms in total. The van der Waals surface area contributed by atoms with E-state index in [9.17, 15) is 4.79 Å². The molecule has 1 aliphatic rings. The van der Waals surface area contributed by atoms with E-state index in [0.29, 0.717) is 11.6 Å². The average molecular weight is 180 g/mol. The third kappa shape index (κ3) is 1.22. The zero-order valence-electron chi connectivity index (χ0n) is 7.53. The van der Waals surface area contributed by atoms with Gasteiger partial charge in [-0.15, -0.1) is 0 Å². The monoisotopic (exact) mass is 180 g/mol. The number of carbonyl (C=O) groups is 1. The van der Waals surface area contributed by atoms with Crippen LogP contribution in [0.15, 0.2) is 6.20 Å². The molecule has 70 valence electrons. The number of carboxylic acid groups (broad SMARTS) is 1. The van der Waals surface area contributed by atoms with Crippen molar-refractivity contribution in [2.45, 2.75) is 32.2 Å². The van der Waals surface area contributed by atoms with Gasteiger partial charge in [0, 0.05) is 6.04 Å². The van der Waals surface area contributed by atoms with Crippen molar-refractivity contribution in [3.05, 3.63) is 17.5 Å². The lowest BCUT2D eigenvalue weighted by Crippen LogP contribution is -2.17. The smallest absolute Gasteiger partial charge is 0.339 e. The summed E-state index contributed by atoms with van der Waals surface area (Å²) in [6.45, 7) is 2.07. The summed E-state index contributed by atoms with van der Waals surface area (Å²) in [7, 11) is 0. The summed E-state index contributed by atoms with van der Waals surface area (Å²) in [5, 5.41) is 13.0. The first-order valence-corrected chi connectivity index (χ1v) is 4.50. The molecule has 0 spiro atoms. The van der Waals surface area contributed by atoms with Gasteiger partial charge in [0.05, 0.1) is 11.9 Å². The number of hydrogen-bond acceptors (Lipinski definition) is 2. The molecule has 0 radical (unpaired) electrons. The summed E-state index contributed by atoms with van der Waals surface area (Å²) in [5.41, 5.74) is 1.25. The second kappa shape index (κ2) is 2.87. The second-order valence-corrected chi connectivity index (χ2v) is 3.50. The fourth-order valence-electron chi connectivity index (χ4n) is 1.88. The summed E-state index contributed by atoms with van der Waals surface area (Å²) in [6, 6.07) is 0.344. The van der Waals surface area contributed by atoms with E-state index in [0.717, 1.165) is 25.0 Å². The van der Waals surface area contributed by atoms with Crippen molar-refractivity contribution in [2.24, 2.45) is 0 Å².